The van der Waals surface area contributed by atoms with Gasteiger partial charge < -0.3 is 10.2 Å². The molecule has 3 nitrogen and oxygen atoms in total. The van der Waals surface area contributed by atoms with Crippen LogP contribution in [-0.4, -0.2) is 37.0 Å². The number of carbonyl (C=O) groups excluding carboxylic acids is 1. The van der Waals surface area contributed by atoms with E-state index in [1.807, 2.05) is 37.1 Å². The minimum Gasteiger partial charge on any atom is -0.337 e. The number of piperidine rings is 1. The lowest BCUT2D eigenvalue weighted by Gasteiger charge is -2.33. The second-order valence-corrected chi connectivity index (χ2v) is 5.65. The van der Waals surface area contributed by atoms with Gasteiger partial charge in [0.15, 0.2) is 0 Å². The molecule has 0 radical (unpaired) electrons. The van der Waals surface area contributed by atoms with Crippen molar-refractivity contribution >= 4 is 21.8 Å². The molecule has 1 saturated heterocycles. The van der Waals surface area contributed by atoms with Crippen LogP contribution in [0, 0.1) is 6.92 Å². The number of nitrogens with one attached hydrogen (secondary N) is 1. The minimum atomic E-state index is 0.147. The molecule has 0 spiro atoms. The Kier molecular flexibility index (Phi) is 4.40. The number of likely N-dealkylation sites (N-methyl/N-ethyl adjacent to an activating group) is 1. The molecule has 1 heterocycles. The molecule has 1 N–H and O–H groups in total. The van der Waals surface area contributed by atoms with Crippen LogP contribution in [0.5, 0.6) is 0 Å². The van der Waals surface area contributed by atoms with Crippen molar-refractivity contribution in [1.29, 1.82) is 0 Å². The van der Waals surface area contributed by atoms with Crippen LogP contribution in [0.4, 0.5) is 0 Å². The maximum absolute atomic E-state index is 12.5. The minimum absolute atomic E-state index is 0.147. The molecule has 1 aliphatic rings. The Morgan fingerprint density at radius 3 is 3.00 bits per heavy atom. The number of halogens is 1. The number of benzene rings is 1. The summed E-state index contributed by atoms with van der Waals surface area (Å²) in [6.45, 7) is 3.65. The second-order valence-electron chi connectivity index (χ2n) is 4.79. The third-order valence-electron chi connectivity index (χ3n) is 3.61. The van der Waals surface area contributed by atoms with E-state index in [1.165, 1.54) is 0 Å². The van der Waals surface area contributed by atoms with Crippen molar-refractivity contribution in [2.75, 3.05) is 20.1 Å². The predicted molar refractivity (Wildman–Crippen MR) is 76.9 cm³/mol. The molecular weight excluding hydrogens is 292 g/mol. The fourth-order valence-corrected chi connectivity index (χ4v) is 2.77. The number of hydrogen-bond donors (Lipinski definition) is 1. The van der Waals surface area contributed by atoms with E-state index in [4.69, 9.17) is 0 Å². The Morgan fingerprint density at radius 2 is 2.28 bits per heavy atom. The first-order valence-corrected chi connectivity index (χ1v) is 7.14. The first-order chi connectivity index (χ1) is 8.63. The molecule has 0 saturated carbocycles. The molecular formula is C14H19BrN2O. The monoisotopic (exact) mass is 310 g/mol. The highest BCUT2D eigenvalue weighted by Gasteiger charge is 2.24. The third kappa shape index (κ3) is 2.75. The van der Waals surface area contributed by atoms with Crippen molar-refractivity contribution in [2.24, 2.45) is 0 Å². The summed E-state index contributed by atoms with van der Waals surface area (Å²) in [5.41, 5.74) is 1.83. The molecule has 18 heavy (non-hydrogen) atoms. The Bertz CT molecular complexity index is 447. The number of amides is 1. The van der Waals surface area contributed by atoms with E-state index in [-0.39, 0.29) is 5.91 Å². The summed E-state index contributed by atoms with van der Waals surface area (Å²) < 4.78 is 0.996. The molecule has 1 aliphatic heterocycles. The van der Waals surface area contributed by atoms with Crippen molar-refractivity contribution in [3.63, 3.8) is 0 Å². The van der Waals surface area contributed by atoms with Gasteiger partial charge in [0.05, 0.1) is 0 Å². The van der Waals surface area contributed by atoms with E-state index in [1.54, 1.807) is 0 Å². The van der Waals surface area contributed by atoms with Crippen molar-refractivity contribution in [3.05, 3.63) is 33.8 Å². The summed E-state index contributed by atoms with van der Waals surface area (Å²) in [6.07, 6.45) is 2.22. The summed E-state index contributed by atoms with van der Waals surface area (Å²) in [6, 6.07) is 6.23. The molecule has 1 aromatic carbocycles. The highest BCUT2D eigenvalue weighted by Crippen LogP contribution is 2.22. The van der Waals surface area contributed by atoms with Gasteiger partial charge in [0, 0.05) is 29.2 Å². The SMILES string of the molecule is CN[C@H]1CCCN(C(=O)c2cccc(Br)c2C)C1. The summed E-state index contributed by atoms with van der Waals surface area (Å²) >= 11 is 3.48. The average molecular weight is 311 g/mol. The molecule has 1 fully saturated rings. The van der Waals surface area contributed by atoms with Crippen LogP contribution in [0.2, 0.25) is 0 Å². The van der Waals surface area contributed by atoms with E-state index in [0.717, 1.165) is 41.5 Å². The van der Waals surface area contributed by atoms with Crippen LogP contribution in [0.3, 0.4) is 0 Å². The van der Waals surface area contributed by atoms with Crippen LogP contribution in [0.15, 0.2) is 22.7 Å². The maximum atomic E-state index is 12.5. The Morgan fingerprint density at radius 1 is 1.50 bits per heavy atom. The molecule has 1 aromatic rings. The average Bonchev–Trinajstić information content (AvgIpc) is 2.41. The first-order valence-electron chi connectivity index (χ1n) is 6.35. The number of hydrogen-bond acceptors (Lipinski definition) is 2. The van der Waals surface area contributed by atoms with E-state index in [0.29, 0.717) is 6.04 Å². The lowest BCUT2D eigenvalue weighted by atomic mass is 10.0. The van der Waals surface area contributed by atoms with E-state index in [2.05, 4.69) is 21.2 Å². The Hall–Kier alpha value is -0.870. The van der Waals surface area contributed by atoms with Gasteiger partial charge in [0.1, 0.15) is 0 Å². The quantitative estimate of drug-likeness (QED) is 0.910. The van der Waals surface area contributed by atoms with Gasteiger partial charge in [-0.15, -0.1) is 0 Å². The predicted octanol–water partition coefficient (Wildman–Crippen LogP) is 2.58. The molecule has 1 amide bonds. The van der Waals surface area contributed by atoms with Gasteiger partial charge in [-0.25, -0.2) is 0 Å². The zero-order chi connectivity index (χ0) is 13.1. The fraction of sp³-hybridized carbons (Fsp3) is 0.500. The molecule has 0 aromatic heterocycles. The van der Waals surface area contributed by atoms with Gasteiger partial charge in [-0.3, -0.25) is 4.79 Å². The van der Waals surface area contributed by atoms with E-state index in [9.17, 15) is 4.79 Å². The van der Waals surface area contributed by atoms with Gasteiger partial charge in [-0.2, -0.15) is 0 Å². The molecule has 0 aliphatic carbocycles. The largest absolute Gasteiger partial charge is 0.337 e. The normalized spacial score (nSPS) is 19.9. The van der Waals surface area contributed by atoms with Crippen LogP contribution in [-0.2, 0) is 0 Å². The van der Waals surface area contributed by atoms with Crippen molar-refractivity contribution in [2.45, 2.75) is 25.8 Å². The Labute approximate surface area is 117 Å². The molecule has 0 unspecified atom stereocenters. The first kappa shape index (κ1) is 13.6. The number of nitrogens with zero attached hydrogens (tertiary/aromatic N) is 1. The van der Waals surface area contributed by atoms with Crippen molar-refractivity contribution < 1.29 is 4.79 Å². The van der Waals surface area contributed by atoms with Crippen LogP contribution in [0.25, 0.3) is 0 Å². The highest BCUT2D eigenvalue weighted by atomic mass is 79.9. The van der Waals surface area contributed by atoms with E-state index >= 15 is 0 Å². The Balaban J connectivity index is 2.18. The summed E-state index contributed by atoms with van der Waals surface area (Å²) in [7, 11) is 1.96. The molecule has 1 atom stereocenters. The van der Waals surface area contributed by atoms with Crippen molar-refractivity contribution in [3.8, 4) is 0 Å². The molecule has 98 valence electrons. The van der Waals surface area contributed by atoms with E-state index < -0.39 is 0 Å². The molecule has 4 heteroatoms. The lowest BCUT2D eigenvalue weighted by molar-refractivity contribution is 0.0697. The summed E-state index contributed by atoms with van der Waals surface area (Å²) in [4.78, 5) is 14.5. The zero-order valence-electron chi connectivity index (χ0n) is 10.9. The number of rotatable bonds is 2. The van der Waals surface area contributed by atoms with Crippen LogP contribution >= 0.6 is 15.9 Å². The maximum Gasteiger partial charge on any atom is 0.254 e. The summed E-state index contributed by atoms with van der Waals surface area (Å²) in [5.74, 6) is 0.147. The highest BCUT2D eigenvalue weighted by molar-refractivity contribution is 9.10. The number of likely N-dealkylation sites (tertiary alicyclic amines) is 1. The summed E-state index contributed by atoms with van der Waals surface area (Å²) in [5, 5.41) is 3.26. The smallest absolute Gasteiger partial charge is 0.254 e. The standard InChI is InChI=1S/C14H19BrN2O/c1-10-12(6-3-7-13(10)15)14(18)17-8-4-5-11(9-17)16-2/h3,6-7,11,16H,4-5,8-9H2,1-2H3/t11-/m0/s1. The third-order valence-corrected chi connectivity index (χ3v) is 4.47. The van der Waals surface area contributed by atoms with Gasteiger partial charge in [-0.05, 0) is 44.5 Å². The van der Waals surface area contributed by atoms with Crippen molar-refractivity contribution in [1.82, 2.24) is 10.2 Å². The fourth-order valence-electron chi connectivity index (χ4n) is 2.41. The molecule has 2 rings (SSSR count). The van der Waals surface area contributed by atoms with Crippen LogP contribution < -0.4 is 5.32 Å². The van der Waals surface area contributed by atoms with Crippen LogP contribution in [0.1, 0.15) is 28.8 Å². The topological polar surface area (TPSA) is 32.3 Å². The second kappa shape index (κ2) is 5.85. The zero-order valence-corrected chi connectivity index (χ0v) is 12.5. The van der Waals surface area contributed by atoms with Gasteiger partial charge in [0.25, 0.3) is 5.91 Å². The molecule has 0 bridgehead atoms. The van der Waals surface area contributed by atoms with Gasteiger partial charge in [0.2, 0.25) is 0 Å². The van der Waals surface area contributed by atoms with Gasteiger partial charge in [-0.1, -0.05) is 22.0 Å². The van der Waals surface area contributed by atoms with Gasteiger partial charge >= 0.3 is 0 Å². The lowest BCUT2D eigenvalue weighted by Crippen LogP contribution is -2.47. The number of carbonyl (C=O) groups is 1.